The van der Waals surface area contributed by atoms with Gasteiger partial charge >= 0.3 is 5.97 Å². The molecular formula is C24H42N4O6. The van der Waals surface area contributed by atoms with Gasteiger partial charge in [-0.05, 0) is 64.7 Å². The van der Waals surface area contributed by atoms with Gasteiger partial charge in [0.25, 0.3) is 0 Å². The van der Waals surface area contributed by atoms with Gasteiger partial charge in [0, 0.05) is 29.2 Å². The maximum Gasteiger partial charge on any atom is 0.330 e. The Morgan fingerprint density at radius 2 is 1.47 bits per heavy atom. The third kappa shape index (κ3) is 7.53. The number of hydrogen-bond donors (Lipinski definition) is 2. The SMILES string of the molecule is CCC(C)(CC(C)(CC)C(=O)ONC1CCC(N=NC2CCC([N+](=O)[O-])CC2)CC1)C(=O)CO. The Labute approximate surface area is 202 Å². The molecule has 0 heterocycles. The van der Waals surface area contributed by atoms with Crippen LogP contribution in [0.2, 0.25) is 0 Å². The average molecular weight is 483 g/mol. The number of carbonyl (C=O) groups is 2. The molecule has 2 atom stereocenters. The number of nitrogens with zero attached hydrogens (tertiary/aromatic N) is 3. The Morgan fingerprint density at radius 1 is 0.971 bits per heavy atom. The first-order chi connectivity index (χ1) is 16.1. The molecule has 2 aliphatic carbocycles. The summed E-state index contributed by atoms with van der Waals surface area (Å²) in [5.41, 5.74) is 1.33. The van der Waals surface area contributed by atoms with E-state index >= 15 is 0 Å². The van der Waals surface area contributed by atoms with E-state index in [2.05, 4.69) is 15.7 Å². The predicted octanol–water partition coefficient (Wildman–Crippen LogP) is 4.17. The van der Waals surface area contributed by atoms with Crippen molar-refractivity contribution in [1.82, 2.24) is 5.48 Å². The number of carbonyl (C=O) groups excluding carboxylic acids is 2. The van der Waals surface area contributed by atoms with E-state index in [4.69, 9.17) is 4.84 Å². The van der Waals surface area contributed by atoms with Crippen LogP contribution in [0.4, 0.5) is 0 Å². The summed E-state index contributed by atoms with van der Waals surface area (Å²) in [5.74, 6) is -0.638. The molecular weight excluding hydrogens is 440 g/mol. The van der Waals surface area contributed by atoms with Gasteiger partial charge in [-0.1, -0.05) is 20.8 Å². The number of aliphatic hydroxyl groups excluding tert-OH is 1. The molecule has 10 nitrogen and oxygen atoms in total. The minimum atomic E-state index is -0.831. The van der Waals surface area contributed by atoms with Crippen molar-refractivity contribution in [1.29, 1.82) is 0 Å². The van der Waals surface area contributed by atoms with Crippen molar-refractivity contribution in [2.24, 2.45) is 21.1 Å². The number of Topliss-reactive ketones (excluding diaryl/α,β-unsaturated/α-hetero) is 1. The standard InChI is InChI=1S/C24H42N4O6/c1-5-23(3,21(30)15-29)16-24(4,6-2)22(31)34-27-19-9-7-17(8-10-19)25-26-18-11-13-20(14-12-18)28(32)33/h17-20,27,29H,5-16H2,1-4H3. The second-order valence-corrected chi connectivity index (χ2v) is 10.6. The lowest BCUT2D eigenvalue weighted by atomic mass is 9.68. The first kappa shape index (κ1) is 28.3. The van der Waals surface area contributed by atoms with Crippen molar-refractivity contribution in [2.45, 2.75) is 122 Å². The van der Waals surface area contributed by atoms with Crippen LogP contribution in [0.1, 0.15) is 98.3 Å². The van der Waals surface area contributed by atoms with Crippen molar-refractivity contribution in [3.63, 3.8) is 0 Å². The largest absolute Gasteiger partial charge is 0.389 e. The molecule has 2 fully saturated rings. The van der Waals surface area contributed by atoms with Gasteiger partial charge in [0.1, 0.15) is 6.61 Å². The quantitative estimate of drug-likeness (QED) is 0.241. The van der Waals surface area contributed by atoms with E-state index in [0.717, 1.165) is 38.5 Å². The van der Waals surface area contributed by atoms with Crippen LogP contribution in [-0.2, 0) is 14.4 Å². The first-order valence-corrected chi connectivity index (χ1v) is 12.7. The van der Waals surface area contributed by atoms with Gasteiger partial charge in [0.2, 0.25) is 6.04 Å². The maximum absolute atomic E-state index is 12.9. The van der Waals surface area contributed by atoms with Crippen LogP contribution in [0.15, 0.2) is 10.2 Å². The van der Waals surface area contributed by atoms with E-state index in [1.165, 1.54) is 0 Å². The summed E-state index contributed by atoms with van der Waals surface area (Å²) >= 11 is 0. The Balaban J connectivity index is 1.78. The van der Waals surface area contributed by atoms with Crippen LogP contribution >= 0.6 is 0 Å². The molecule has 0 aromatic heterocycles. The molecule has 0 aliphatic heterocycles. The highest BCUT2D eigenvalue weighted by Gasteiger charge is 2.43. The van der Waals surface area contributed by atoms with Gasteiger partial charge in [0.15, 0.2) is 5.78 Å². The summed E-state index contributed by atoms with van der Waals surface area (Å²) in [7, 11) is 0. The van der Waals surface area contributed by atoms with Crippen molar-refractivity contribution in [3.8, 4) is 0 Å². The zero-order valence-electron chi connectivity index (χ0n) is 21.1. The first-order valence-electron chi connectivity index (χ1n) is 12.7. The van der Waals surface area contributed by atoms with E-state index in [1.807, 2.05) is 20.8 Å². The van der Waals surface area contributed by atoms with E-state index < -0.39 is 23.5 Å². The van der Waals surface area contributed by atoms with E-state index in [-0.39, 0.29) is 34.8 Å². The van der Waals surface area contributed by atoms with Gasteiger partial charge < -0.3 is 9.94 Å². The van der Waals surface area contributed by atoms with E-state index in [0.29, 0.717) is 32.1 Å². The van der Waals surface area contributed by atoms with Crippen molar-refractivity contribution < 1.29 is 24.5 Å². The Morgan fingerprint density at radius 3 is 1.91 bits per heavy atom. The Kier molecular flexibility index (Phi) is 10.5. The fraction of sp³-hybridized carbons (Fsp3) is 0.917. The summed E-state index contributed by atoms with van der Waals surface area (Å²) < 4.78 is 0. The molecule has 0 spiro atoms. The monoisotopic (exact) mass is 482 g/mol. The molecule has 2 aliphatic rings. The molecule has 0 bridgehead atoms. The normalized spacial score (nSPS) is 29.2. The van der Waals surface area contributed by atoms with Crippen LogP contribution < -0.4 is 5.48 Å². The molecule has 0 amide bonds. The number of hydroxylamine groups is 1. The maximum atomic E-state index is 12.9. The van der Waals surface area contributed by atoms with Crippen LogP contribution in [0, 0.1) is 20.9 Å². The van der Waals surface area contributed by atoms with Crippen molar-refractivity contribution >= 4 is 11.8 Å². The number of nitro groups is 1. The second-order valence-electron chi connectivity index (χ2n) is 10.6. The highest BCUT2D eigenvalue weighted by molar-refractivity contribution is 5.86. The zero-order chi connectivity index (χ0) is 25.4. The number of azo groups is 1. The smallest absolute Gasteiger partial charge is 0.330 e. The number of hydrogen-bond acceptors (Lipinski definition) is 9. The molecule has 0 aromatic rings. The molecule has 2 N–H and O–H groups in total. The number of nitrogens with one attached hydrogen (secondary N) is 1. The summed E-state index contributed by atoms with van der Waals surface area (Å²) in [6.07, 6.45) is 7.27. The Hall–Kier alpha value is -1.94. The van der Waals surface area contributed by atoms with E-state index in [9.17, 15) is 24.8 Å². The summed E-state index contributed by atoms with van der Waals surface area (Å²) in [4.78, 5) is 41.3. The minimum absolute atomic E-state index is 0.0451. The van der Waals surface area contributed by atoms with Crippen molar-refractivity contribution in [3.05, 3.63) is 10.1 Å². The minimum Gasteiger partial charge on any atom is -0.389 e. The lowest BCUT2D eigenvalue weighted by Crippen LogP contribution is -2.43. The van der Waals surface area contributed by atoms with E-state index in [1.54, 1.807) is 6.92 Å². The van der Waals surface area contributed by atoms with Crippen LogP contribution in [0.25, 0.3) is 0 Å². The summed E-state index contributed by atoms with van der Waals surface area (Å²) in [6, 6.07) is -0.163. The highest BCUT2D eigenvalue weighted by Crippen LogP contribution is 2.40. The number of ketones is 1. The topological polar surface area (TPSA) is 143 Å². The molecule has 0 aromatic carbocycles. The summed E-state index contributed by atoms with van der Waals surface area (Å²) in [5, 5.41) is 29.2. The third-order valence-electron chi connectivity index (χ3n) is 8.02. The average Bonchev–Trinajstić information content (AvgIpc) is 2.85. The summed E-state index contributed by atoms with van der Waals surface area (Å²) in [6.45, 7) is 6.87. The lowest BCUT2D eigenvalue weighted by molar-refractivity contribution is -0.526. The third-order valence-corrected chi connectivity index (χ3v) is 8.02. The molecule has 2 saturated carbocycles. The molecule has 194 valence electrons. The highest BCUT2D eigenvalue weighted by atomic mass is 16.7. The van der Waals surface area contributed by atoms with Gasteiger partial charge in [0.05, 0.1) is 17.5 Å². The molecule has 34 heavy (non-hydrogen) atoms. The fourth-order valence-electron chi connectivity index (χ4n) is 4.96. The number of rotatable bonds is 12. The second kappa shape index (κ2) is 12.7. The van der Waals surface area contributed by atoms with Crippen LogP contribution in [-0.4, -0.2) is 52.6 Å². The van der Waals surface area contributed by atoms with Gasteiger partial charge in [-0.2, -0.15) is 15.7 Å². The van der Waals surface area contributed by atoms with Crippen LogP contribution in [0.3, 0.4) is 0 Å². The molecule has 2 rings (SSSR count). The van der Waals surface area contributed by atoms with Gasteiger partial charge in [-0.25, -0.2) is 4.79 Å². The molecule has 0 radical (unpaired) electrons. The van der Waals surface area contributed by atoms with Gasteiger partial charge in [-0.3, -0.25) is 14.9 Å². The Bertz CT molecular complexity index is 731. The fourth-order valence-corrected chi connectivity index (χ4v) is 4.96. The lowest BCUT2D eigenvalue weighted by Gasteiger charge is -2.36. The predicted molar refractivity (Wildman–Crippen MR) is 127 cm³/mol. The van der Waals surface area contributed by atoms with Gasteiger partial charge in [-0.15, -0.1) is 0 Å². The molecule has 10 heteroatoms. The number of aliphatic hydroxyl groups is 1. The van der Waals surface area contributed by atoms with Crippen molar-refractivity contribution in [2.75, 3.05) is 6.61 Å². The molecule has 0 saturated heterocycles. The zero-order valence-corrected chi connectivity index (χ0v) is 21.1. The molecule has 2 unspecified atom stereocenters. The van der Waals surface area contributed by atoms with Crippen LogP contribution in [0.5, 0.6) is 0 Å².